The van der Waals surface area contributed by atoms with Crippen LogP contribution in [0.2, 0.25) is 0 Å². The summed E-state index contributed by atoms with van der Waals surface area (Å²) in [6.07, 6.45) is 22.2. The van der Waals surface area contributed by atoms with Crippen LogP contribution in [-0.2, 0) is 29.1 Å². The fraction of sp³-hybridized carbons (Fsp3) is 0.727. The Morgan fingerprint density at radius 3 is 1.19 bits per heavy atom. The van der Waals surface area contributed by atoms with Crippen LogP contribution in [0.25, 0.3) is 0 Å². The zero-order valence-electron chi connectivity index (χ0n) is 17.5. The van der Waals surface area contributed by atoms with E-state index in [1.807, 2.05) is 0 Å². The zero-order chi connectivity index (χ0) is 19.9. The van der Waals surface area contributed by atoms with Gasteiger partial charge < -0.3 is 19.8 Å². The van der Waals surface area contributed by atoms with Gasteiger partial charge in [0.1, 0.15) is 0 Å². The maximum absolute atomic E-state index is 9.98. The smallest absolute Gasteiger partial charge is 0.545 e. The van der Waals surface area contributed by atoms with E-state index in [1.165, 1.54) is 64.2 Å². The number of unbranched alkanes of at least 4 members (excludes halogenated alkanes) is 12. The average molecular weight is 432 g/mol. The van der Waals surface area contributed by atoms with Crippen LogP contribution in [0.4, 0.5) is 0 Å². The second kappa shape index (κ2) is 27.3. The third kappa shape index (κ3) is 36.7. The number of carbonyl (C=O) groups is 2. The minimum Gasteiger partial charge on any atom is -0.545 e. The van der Waals surface area contributed by atoms with Crippen LogP contribution in [0.1, 0.15) is 104 Å². The summed E-state index contributed by atoms with van der Waals surface area (Å²) in [4.78, 5) is 20.0. The minimum absolute atomic E-state index is 0. The Morgan fingerprint density at radius 1 is 0.593 bits per heavy atom. The number of allylic oxidation sites excluding steroid dienone is 2. The van der Waals surface area contributed by atoms with Crippen molar-refractivity contribution in [1.82, 2.24) is 0 Å². The van der Waals surface area contributed by atoms with Crippen LogP contribution in [0, 0.1) is 0 Å². The van der Waals surface area contributed by atoms with Gasteiger partial charge in [-0.1, -0.05) is 90.2 Å². The largest absolute Gasteiger partial charge is 2.00 e. The number of rotatable bonds is 16. The van der Waals surface area contributed by atoms with Crippen molar-refractivity contribution in [3.05, 3.63) is 24.3 Å². The predicted molar refractivity (Wildman–Crippen MR) is 104 cm³/mol. The van der Waals surface area contributed by atoms with Gasteiger partial charge >= 0.3 is 19.5 Å². The summed E-state index contributed by atoms with van der Waals surface area (Å²) >= 11 is 0. The van der Waals surface area contributed by atoms with E-state index in [2.05, 4.69) is 13.8 Å². The number of hydrogen-bond acceptors (Lipinski definition) is 4. The molecule has 0 saturated heterocycles. The molecule has 0 aromatic carbocycles. The molecule has 0 radical (unpaired) electrons. The van der Waals surface area contributed by atoms with Crippen molar-refractivity contribution in [2.45, 2.75) is 104 Å². The first kappa shape index (κ1) is 30.8. The quantitative estimate of drug-likeness (QED) is 0.209. The van der Waals surface area contributed by atoms with Crippen molar-refractivity contribution in [2.24, 2.45) is 0 Å². The van der Waals surface area contributed by atoms with E-state index in [0.29, 0.717) is 0 Å². The maximum Gasteiger partial charge on any atom is 2.00 e. The van der Waals surface area contributed by atoms with E-state index < -0.39 is 11.9 Å². The molecule has 0 saturated carbocycles. The van der Waals surface area contributed by atoms with Gasteiger partial charge in [-0.2, -0.15) is 0 Å². The first-order chi connectivity index (χ1) is 12.5. The molecular formula is C22H38O4Zn. The minimum atomic E-state index is -1.09. The van der Waals surface area contributed by atoms with Gasteiger partial charge in [-0.25, -0.2) is 0 Å². The van der Waals surface area contributed by atoms with Crippen LogP contribution >= 0.6 is 0 Å². The molecule has 0 bridgehead atoms. The van der Waals surface area contributed by atoms with Gasteiger partial charge in [0.25, 0.3) is 0 Å². The number of carbonyl (C=O) groups excluding carboxylic acids is 2. The standard InChI is InChI=1S/2C11H20O2.Zn/c2*1-2-3-4-5-6-7-8-9-10-11(12)13;/h2*9-10H,2-8H2,1H3,(H,12,13);/q;;+2/p-2/b2*10-9+;. The van der Waals surface area contributed by atoms with E-state index in [4.69, 9.17) is 0 Å². The van der Waals surface area contributed by atoms with Gasteiger partial charge in [0.05, 0.1) is 11.9 Å². The van der Waals surface area contributed by atoms with Crippen molar-refractivity contribution < 1.29 is 39.3 Å². The van der Waals surface area contributed by atoms with Crippen molar-refractivity contribution in [3.8, 4) is 0 Å². The third-order valence-electron chi connectivity index (χ3n) is 3.96. The molecular weight excluding hydrogens is 394 g/mol. The molecule has 4 nitrogen and oxygen atoms in total. The summed E-state index contributed by atoms with van der Waals surface area (Å²) in [7, 11) is 0. The molecule has 0 aromatic heterocycles. The molecule has 0 rings (SSSR count). The maximum atomic E-state index is 9.98. The van der Waals surface area contributed by atoms with Crippen molar-refractivity contribution in [1.29, 1.82) is 0 Å². The van der Waals surface area contributed by atoms with Crippen molar-refractivity contribution >= 4 is 11.9 Å². The Balaban J connectivity index is -0.000000411. The second-order valence-electron chi connectivity index (χ2n) is 6.56. The SMILES string of the molecule is CCCCCCCC/C=C/C(=O)[O-].CCCCCCCC/C=C/C(=O)[O-].[Zn+2]. The second-order valence-corrected chi connectivity index (χ2v) is 6.56. The molecule has 0 aliphatic rings. The van der Waals surface area contributed by atoms with Crippen LogP contribution in [-0.4, -0.2) is 11.9 Å². The van der Waals surface area contributed by atoms with Gasteiger partial charge in [0.15, 0.2) is 0 Å². The summed E-state index contributed by atoms with van der Waals surface area (Å²) < 4.78 is 0. The molecule has 152 valence electrons. The van der Waals surface area contributed by atoms with E-state index in [9.17, 15) is 19.8 Å². The molecule has 5 heteroatoms. The summed E-state index contributed by atoms with van der Waals surface area (Å²) in [5, 5.41) is 20.0. The molecule has 0 N–H and O–H groups in total. The molecule has 27 heavy (non-hydrogen) atoms. The molecule has 0 amide bonds. The van der Waals surface area contributed by atoms with Crippen LogP contribution < -0.4 is 10.2 Å². The number of carboxylic acid groups (broad SMARTS) is 2. The van der Waals surface area contributed by atoms with Gasteiger partial charge in [-0.3, -0.25) is 0 Å². The van der Waals surface area contributed by atoms with Gasteiger partial charge in [0, 0.05) is 0 Å². The van der Waals surface area contributed by atoms with E-state index >= 15 is 0 Å². The summed E-state index contributed by atoms with van der Waals surface area (Å²) in [6, 6.07) is 0. The van der Waals surface area contributed by atoms with E-state index in [0.717, 1.165) is 37.8 Å². The Morgan fingerprint density at radius 2 is 0.889 bits per heavy atom. The third-order valence-corrected chi connectivity index (χ3v) is 3.96. The van der Waals surface area contributed by atoms with Crippen LogP contribution in [0.5, 0.6) is 0 Å². The zero-order valence-corrected chi connectivity index (χ0v) is 20.5. The molecule has 0 spiro atoms. The van der Waals surface area contributed by atoms with E-state index in [-0.39, 0.29) is 19.5 Å². The number of hydrogen-bond donors (Lipinski definition) is 0. The van der Waals surface area contributed by atoms with Crippen molar-refractivity contribution in [2.75, 3.05) is 0 Å². The fourth-order valence-corrected chi connectivity index (χ4v) is 2.44. The van der Waals surface area contributed by atoms with Gasteiger partial charge in [-0.05, 0) is 37.8 Å². The topological polar surface area (TPSA) is 80.3 Å². The average Bonchev–Trinajstić information content (AvgIpc) is 2.60. The molecule has 0 aromatic rings. The number of carboxylic acids is 2. The predicted octanol–water partition coefficient (Wildman–Crippen LogP) is 4.08. The Bertz CT molecular complexity index is 343. The first-order valence-electron chi connectivity index (χ1n) is 10.3. The normalized spacial score (nSPS) is 10.4. The molecule has 0 aliphatic carbocycles. The molecule has 0 unspecified atom stereocenters. The fourth-order valence-electron chi connectivity index (χ4n) is 2.44. The van der Waals surface area contributed by atoms with Gasteiger partial charge in [-0.15, -0.1) is 0 Å². The molecule has 0 aliphatic heterocycles. The van der Waals surface area contributed by atoms with Crippen LogP contribution in [0.3, 0.4) is 0 Å². The van der Waals surface area contributed by atoms with E-state index in [1.54, 1.807) is 12.2 Å². The molecule has 0 heterocycles. The summed E-state index contributed by atoms with van der Waals surface area (Å²) in [5.74, 6) is -2.18. The first-order valence-corrected chi connectivity index (χ1v) is 10.3. The summed E-state index contributed by atoms with van der Waals surface area (Å²) in [5.41, 5.74) is 0. The molecule has 0 fully saturated rings. The monoisotopic (exact) mass is 430 g/mol. The Kier molecular flexibility index (Phi) is 31.1. The Hall–Kier alpha value is -0.957. The Labute approximate surface area is 179 Å². The number of aliphatic carboxylic acids is 2. The van der Waals surface area contributed by atoms with Crippen molar-refractivity contribution in [3.63, 3.8) is 0 Å². The van der Waals surface area contributed by atoms with Gasteiger partial charge in [0.2, 0.25) is 0 Å². The summed E-state index contributed by atoms with van der Waals surface area (Å²) in [6.45, 7) is 4.39. The molecule has 0 atom stereocenters. The van der Waals surface area contributed by atoms with Crippen LogP contribution in [0.15, 0.2) is 24.3 Å².